The summed E-state index contributed by atoms with van der Waals surface area (Å²) in [5, 5.41) is 265. The van der Waals surface area contributed by atoms with Gasteiger partial charge in [0, 0.05) is 0 Å². The quantitative estimate of drug-likeness (QED) is 0.107. The molecule has 88 heavy (non-hydrogen) atoms. The summed E-state index contributed by atoms with van der Waals surface area (Å²) in [6, 6.07) is 0. The Balaban J connectivity index is 0.975. The van der Waals surface area contributed by atoms with Crippen LogP contribution >= 0.6 is 0 Å². The lowest BCUT2D eigenvalue weighted by Crippen LogP contribution is -2.69. The van der Waals surface area contributed by atoms with E-state index in [-0.39, 0.29) is 0 Å². The highest BCUT2D eigenvalue weighted by molar-refractivity contribution is 5.02. The maximum absolute atomic E-state index is 11.4. The lowest BCUT2D eigenvalue weighted by molar-refractivity contribution is -0.404. The van der Waals surface area contributed by atoms with Crippen molar-refractivity contribution in [1.29, 1.82) is 0 Å². The minimum atomic E-state index is -2.25. The second-order valence-corrected chi connectivity index (χ2v) is 22.5. The fraction of sp³-hybridized carbons (Fsp3) is 1.00. The molecule has 0 aliphatic carbocycles. The average Bonchev–Trinajstić information content (AvgIpc) is 1.09. The predicted molar refractivity (Wildman–Crippen MR) is 261 cm³/mol. The van der Waals surface area contributed by atoms with E-state index in [0.29, 0.717) is 0 Å². The Bertz CT molecular complexity index is 1700. The molecule has 9 unspecified atom stereocenters. The summed E-state index contributed by atoms with van der Waals surface area (Å²) >= 11 is 0. The second-order valence-electron chi connectivity index (χ2n) is 22.5. The molecular formula is C48H80O40. The Hall–Kier alpha value is -1.60. The SMILES string of the molecule is OCC1OC2O[C@H]3[C@H](O)[C@@H](O)C(O[C@H]4[C@H](O)[C@@H](O)C(O[C@H]5[C@H](O)[C@@H](O)C(O[C@H]6[C@H](O)[C@@H](O)C(O[C@H]7[C@H](O)[C@@H](O)C(O[C@H]8[C@H](O)[C@@H](O)C(O[C@H]9[C@H](O)[C@@H](O)C(O[C@H]1[C@H](O)[C@H]2O)O[C@@H]9CO)O[C@@H]8CO)O[C@@H]7CO)O[C@@H]6CO)O[C@@H]5CO)O[C@@H]4CO)O[C@@H]3CO. The highest BCUT2D eigenvalue weighted by Gasteiger charge is 2.60. The number of ether oxygens (including phenoxy) is 16. The van der Waals surface area contributed by atoms with Gasteiger partial charge in [-0.3, -0.25) is 0 Å². The maximum atomic E-state index is 11.4. The van der Waals surface area contributed by atoms with Crippen molar-refractivity contribution in [3.63, 3.8) is 0 Å². The van der Waals surface area contributed by atoms with Crippen LogP contribution in [0.4, 0.5) is 0 Å². The van der Waals surface area contributed by atoms with Crippen molar-refractivity contribution in [3.8, 4) is 0 Å². The van der Waals surface area contributed by atoms with E-state index in [1.54, 1.807) is 0 Å². The number of aliphatic hydroxyl groups is 24. The topological polar surface area (TPSA) is 633 Å². The summed E-state index contributed by atoms with van der Waals surface area (Å²) in [6.45, 7) is -8.64. The third-order valence-electron chi connectivity index (χ3n) is 16.9. The smallest absolute Gasteiger partial charge is 0.187 e. The van der Waals surface area contributed by atoms with Crippen molar-refractivity contribution in [1.82, 2.24) is 0 Å². The molecular weight excluding hydrogens is 1220 g/mol. The zero-order valence-electron chi connectivity index (χ0n) is 46.0. The molecule has 0 saturated carbocycles. The summed E-state index contributed by atoms with van der Waals surface area (Å²) in [7, 11) is 0. The van der Waals surface area contributed by atoms with Crippen LogP contribution in [0.15, 0.2) is 0 Å². The Morgan fingerprint density at radius 1 is 0.136 bits per heavy atom. The van der Waals surface area contributed by atoms with Gasteiger partial charge < -0.3 is 198 Å². The number of hydrogen-bond donors (Lipinski definition) is 24. The highest BCUT2D eigenvalue weighted by atomic mass is 16.8. The van der Waals surface area contributed by atoms with Crippen LogP contribution in [-0.2, 0) is 75.8 Å². The molecule has 0 aromatic heterocycles. The summed E-state index contributed by atoms with van der Waals surface area (Å²) in [5.74, 6) is 0. The molecule has 0 aromatic rings. The van der Waals surface area contributed by atoms with E-state index in [4.69, 9.17) is 75.8 Å². The Kier molecular flexibility index (Phi) is 24.1. The molecule has 0 spiro atoms. The van der Waals surface area contributed by atoms with Crippen molar-refractivity contribution in [2.45, 2.75) is 246 Å². The van der Waals surface area contributed by atoms with Gasteiger partial charge in [-0.1, -0.05) is 0 Å². The van der Waals surface area contributed by atoms with E-state index in [1.807, 2.05) is 0 Å². The van der Waals surface area contributed by atoms with Gasteiger partial charge in [0.15, 0.2) is 50.3 Å². The zero-order valence-corrected chi connectivity index (χ0v) is 46.0. The van der Waals surface area contributed by atoms with Gasteiger partial charge in [0.1, 0.15) is 195 Å². The minimum Gasteiger partial charge on any atom is -0.394 e. The van der Waals surface area contributed by atoms with E-state index in [9.17, 15) is 123 Å². The maximum Gasteiger partial charge on any atom is 0.187 e. The number of hydrogen-bond acceptors (Lipinski definition) is 40. The van der Waals surface area contributed by atoms with E-state index in [0.717, 1.165) is 0 Å². The Morgan fingerprint density at radius 2 is 0.227 bits per heavy atom. The molecule has 30 rings (SSSR count). The van der Waals surface area contributed by atoms with Gasteiger partial charge in [-0.05, 0) is 0 Å². The van der Waals surface area contributed by atoms with Crippen LogP contribution in [0.5, 0.6) is 0 Å². The van der Waals surface area contributed by atoms with Gasteiger partial charge in [-0.25, -0.2) is 0 Å². The van der Waals surface area contributed by atoms with Crippen molar-refractivity contribution < 1.29 is 198 Å². The molecule has 40 heteroatoms. The van der Waals surface area contributed by atoms with Gasteiger partial charge in [-0.2, -0.15) is 0 Å². The van der Waals surface area contributed by atoms with Crippen LogP contribution in [0.2, 0.25) is 0 Å². The largest absolute Gasteiger partial charge is 0.394 e. The first kappa shape index (κ1) is 70.7. The van der Waals surface area contributed by atoms with Gasteiger partial charge in [0.2, 0.25) is 0 Å². The third-order valence-corrected chi connectivity index (χ3v) is 16.9. The molecule has 0 aromatic carbocycles. The van der Waals surface area contributed by atoms with Crippen LogP contribution in [0.25, 0.3) is 0 Å². The first-order valence-corrected chi connectivity index (χ1v) is 28.1. The second kappa shape index (κ2) is 30.0. The fourth-order valence-corrected chi connectivity index (χ4v) is 11.9. The third kappa shape index (κ3) is 13.8. The van der Waals surface area contributed by atoms with Crippen molar-refractivity contribution in [2.75, 3.05) is 52.9 Å². The van der Waals surface area contributed by atoms with Gasteiger partial charge in [0.05, 0.1) is 52.9 Å². The minimum absolute atomic E-state index is 1.08. The van der Waals surface area contributed by atoms with E-state index < -0.39 is 299 Å². The molecule has 30 aliphatic rings. The van der Waals surface area contributed by atoms with Crippen molar-refractivity contribution >= 4 is 0 Å². The highest BCUT2D eigenvalue weighted by Crippen LogP contribution is 2.40. The molecule has 30 saturated heterocycles. The lowest BCUT2D eigenvalue weighted by Gasteiger charge is -2.50. The fourth-order valence-electron chi connectivity index (χ4n) is 11.9. The molecule has 0 radical (unpaired) electrons. The number of rotatable bonds is 8. The molecule has 40 atom stereocenters. The Morgan fingerprint density at radius 3 is 0.307 bits per heavy atom. The molecule has 16 bridgehead atoms. The lowest BCUT2D eigenvalue weighted by atomic mass is 9.94. The van der Waals surface area contributed by atoms with E-state index >= 15 is 0 Å². The standard InChI is InChI=1S/C48H80O40/c49-1-9-33-17(57)25(65)41(73-9)82-34-10(2-50)75-43(27(67)19(34)59)84-36-12(4-52)77-45(29(69)21(36)61)86-38-14(6-54)79-47(31(71)23(38)63)88-40-16(8-56)80-48(32(72)24(40)64)87-39-15(7-55)78-46(30(70)22(39)62)85-37-13(5-53)76-44(28(68)20(37)60)83-35-11(3-51)74-42(81-33)26(66)18(35)58/h9-72H,1-8H2/t9-,10-,11-,12-,13-,14-,15-,16?,17-,18-,19-,20-,21-,22-,23-,24-,25-,26-,27-,28-,29-,30-,31-,32-,33-,34-,35-,36-,37-,38-,39-,40-,41?,42?,43?,44?,45?,46?,47?,48?/m1/s1. The summed E-state index contributed by atoms with van der Waals surface area (Å²) < 4.78 is 91.1. The van der Waals surface area contributed by atoms with E-state index in [1.165, 1.54) is 0 Å². The molecule has 30 heterocycles. The molecule has 0 amide bonds. The first-order valence-electron chi connectivity index (χ1n) is 28.1. The van der Waals surface area contributed by atoms with Crippen LogP contribution in [0, 0.1) is 0 Å². The van der Waals surface area contributed by atoms with Crippen molar-refractivity contribution in [3.05, 3.63) is 0 Å². The molecule has 24 N–H and O–H groups in total. The summed E-state index contributed by atoms with van der Waals surface area (Å²) in [5.41, 5.74) is 0. The molecule has 40 nitrogen and oxygen atoms in total. The first-order chi connectivity index (χ1) is 41.9. The summed E-state index contributed by atoms with van der Waals surface area (Å²) in [6.07, 6.45) is -82.0. The Labute approximate surface area is 496 Å². The summed E-state index contributed by atoms with van der Waals surface area (Å²) in [4.78, 5) is 0. The molecule has 30 fully saturated rings. The van der Waals surface area contributed by atoms with Gasteiger partial charge >= 0.3 is 0 Å². The molecule has 30 aliphatic heterocycles. The van der Waals surface area contributed by atoms with Crippen LogP contribution in [-0.4, -0.2) is 421 Å². The monoisotopic (exact) mass is 1300 g/mol. The predicted octanol–water partition coefficient (Wildman–Crippen LogP) is -17.4. The number of aliphatic hydroxyl groups excluding tert-OH is 24. The van der Waals surface area contributed by atoms with Gasteiger partial charge in [0.25, 0.3) is 0 Å². The van der Waals surface area contributed by atoms with Crippen molar-refractivity contribution in [2.24, 2.45) is 0 Å². The van der Waals surface area contributed by atoms with Crippen LogP contribution in [0.1, 0.15) is 0 Å². The average molecular weight is 1300 g/mol. The van der Waals surface area contributed by atoms with Crippen LogP contribution in [0.3, 0.4) is 0 Å². The normalized spacial score (nSPS) is 55.4. The van der Waals surface area contributed by atoms with Crippen LogP contribution < -0.4 is 0 Å². The molecule has 512 valence electrons. The van der Waals surface area contributed by atoms with E-state index in [2.05, 4.69) is 0 Å². The van der Waals surface area contributed by atoms with Gasteiger partial charge in [-0.15, -0.1) is 0 Å². The zero-order chi connectivity index (χ0) is 64.1.